The highest BCUT2D eigenvalue weighted by Gasteiger charge is 2.38. The molecule has 1 aliphatic carbocycles. The van der Waals surface area contributed by atoms with Crippen molar-refractivity contribution in [3.05, 3.63) is 59.7 Å². The van der Waals surface area contributed by atoms with Gasteiger partial charge in [0.1, 0.15) is 11.5 Å². The molecule has 0 radical (unpaired) electrons. The fraction of sp³-hybridized carbons (Fsp3) is 0.533. The molecule has 0 saturated heterocycles. The predicted octanol–water partition coefficient (Wildman–Crippen LogP) is 7.47. The molecule has 0 aromatic heterocycles. The van der Waals surface area contributed by atoms with Gasteiger partial charge in [0.15, 0.2) is 0 Å². The minimum atomic E-state index is -0.459. The molecule has 0 unspecified atom stereocenters. The van der Waals surface area contributed by atoms with E-state index in [1.165, 1.54) is 49.7 Å². The molecule has 2 aromatic rings. The van der Waals surface area contributed by atoms with E-state index in [1.54, 1.807) is 0 Å². The lowest BCUT2D eigenvalue weighted by atomic mass is 9.79. The molecule has 4 heteroatoms. The number of benzene rings is 2. The van der Waals surface area contributed by atoms with E-state index < -0.39 is 11.8 Å². The van der Waals surface area contributed by atoms with Gasteiger partial charge in [-0.3, -0.25) is 9.59 Å². The SMILES string of the molecule is CCCCCc1ccc(OC(=O)[C@@H]2CCCC[C@H]2C(=O)Oc2ccc(CCCCC)cc2)cc1. The van der Waals surface area contributed by atoms with Crippen molar-refractivity contribution in [3.63, 3.8) is 0 Å². The van der Waals surface area contributed by atoms with Crippen molar-refractivity contribution in [2.24, 2.45) is 11.8 Å². The molecule has 0 bridgehead atoms. The molecule has 3 rings (SSSR count). The van der Waals surface area contributed by atoms with Gasteiger partial charge in [0.05, 0.1) is 11.8 Å². The lowest BCUT2D eigenvalue weighted by Gasteiger charge is -2.28. The Balaban J connectivity index is 1.55. The first-order chi connectivity index (χ1) is 16.6. The van der Waals surface area contributed by atoms with E-state index >= 15 is 0 Å². The lowest BCUT2D eigenvalue weighted by Crippen LogP contribution is -2.37. The Hall–Kier alpha value is -2.62. The zero-order valence-corrected chi connectivity index (χ0v) is 20.9. The van der Waals surface area contributed by atoms with Crippen LogP contribution in [0.15, 0.2) is 48.5 Å². The van der Waals surface area contributed by atoms with Crippen molar-refractivity contribution >= 4 is 11.9 Å². The number of carbonyl (C=O) groups is 2. The number of hydrogen-bond donors (Lipinski definition) is 0. The smallest absolute Gasteiger partial charge is 0.315 e. The van der Waals surface area contributed by atoms with E-state index in [1.807, 2.05) is 48.5 Å². The molecule has 1 fully saturated rings. The van der Waals surface area contributed by atoms with E-state index in [2.05, 4.69) is 13.8 Å². The van der Waals surface area contributed by atoms with Crippen molar-refractivity contribution in [2.75, 3.05) is 0 Å². The summed E-state index contributed by atoms with van der Waals surface area (Å²) in [5.74, 6) is -0.489. The molecule has 184 valence electrons. The van der Waals surface area contributed by atoms with Crippen LogP contribution >= 0.6 is 0 Å². The predicted molar refractivity (Wildman–Crippen MR) is 136 cm³/mol. The maximum atomic E-state index is 13.0. The zero-order valence-electron chi connectivity index (χ0n) is 20.9. The highest BCUT2D eigenvalue weighted by atomic mass is 16.5. The standard InChI is InChI=1S/C30H40O4/c1-3-5-7-11-23-15-19-25(20-16-23)33-29(31)27-13-9-10-14-28(27)30(32)34-26-21-17-24(18-22-26)12-8-6-4-2/h15-22,27-28H,3-14H2,1-2H3/t27-,28-/m1/s1. The number of hydrogen-bond acceptors (Lipinski definition) is 4. The summed E-state index contributed by atoms with van der Waals surface area (Å²) in [4.78, 5) is 25.9. The van der Waals surface area contributed by atoms with Gasteiger partial charge in [-0.05, 0) is 73.9 Å². The second kappa shape index (κ2) is 13.9. The van der Waals surface area contributed by atoms with Crippen molar-refractivity contribution in [1.82, 2.24) is 0 Å². The second-order valence-electron chi connectivity index (χ2n) is 9.54. The van der Waals surface area contributed by atoms with Crippen LogP contribution in [0.4, 0.5) is 0 Å². The second-order valence-corrected chi connectivity index (χ2v) is 9.54. The normalized spacial score (nSPS) is 17.8. The molecule has 0 aliphatic heterocycles. The molecule has 1 saturated carbocycles. The van der Waals surface area contributed by atoms with Crippen LogP contribution in [0.3, 0.4) is 0 Å². The summed E-state index contributed by atoms with van der Waals surface area (Å²) in [5, 5.41) is 0. The van der Waals surface area contributed by atoms with Gasteiger partial charge in [-0.25, -0.2) is 0 Å². The summed E-state index contributed by atoms with van der Waals surface area (Å²) in [7, 11) is 0. The Morgan fingerprint density at radius 2 is 1.03 bits per heavy atom. The van der Waals surface area contributed by atoms with Crippen molar-refractivity contribution in [1.29, 1.82) is 0 Å². The molecule has 0 spiro atoms. The fourth-order valence-electron chi connectivity index (χ4n) is 4.69. The highest BCUT2D eigenvalue weighted by Crippen LogP contribution is 2.33. The van der Waals surface area contributed by atoms with E-state index in [-0.39, 0.29) is 11.9 Å². The van der Waals surface area contributed by atoms with Gasteiger partial charge >= 0.3 is 11.9 Å². The molecule has 0 N–H and O–H groups in total. The Morgan fingerprint density at radius 3 is 1.38 bits per heavy atom. The van der Waals surface area contributed by atoms with Crippen LogP contribution in [-0.2, 0) is 22.4 Å². The van der Waals surface area contributed by atoms with E-state index in [0.29, 0.717) is 24.3 Å². The van der Waals surface area contributed by atoms with Gasteiger partial charge in [0, 0.05) is 0 Å². The first kappa shape index (κ1) is 26.0. The number of carbonyl (C=O) groups excluding carboxylic acids is 2. The van der Waals surface area contributed by atoms with Crippen molar-refractivity contribution in [2.45, 2.75) is 90.9 Å². The monoisotopic (exact) mass is 464 g/mol. The number of aryl methyl sites for hydroxylation is 2. The Labute approximate surface area is 205 Å². The molecule has 0 heterocycles. The Kier molecular flexibility index (Phi) is 10.7. The van der Waals surface area contributed by atoms with Gasteiger partial charge in [-0.2, -0.15) is 0 Å². The minimum absolute atomic E-state index is 0.327. The van der Waals surface area contributed by atoms with Crippen molar-refractivity contribution < 1.29 is 19.1 Å². The first-order valence-corrected chi connectivity index (χ1v) is 13.2. The van der Waals surface area contributed by atoms with Gasteiger partial charge in [0.2, 0.25) is 0 Å². The quantitative estimate of drug-likeness (QED) is 0.186. The summed E-state index contributed by atoms with van der Waals surface area (Å²) in [6, 6.07) is 15.5. The average molecular weight is 465 g/mol. The topological polar surface area (TPSA) is 52.6 Å². The molecular weight excluding hydrogens is 424 g/mol. The number of unbranched alkanes of at least 4 members (excludes halogenated alkanes) is 4. The Bertz CT molecular complexity index is 810. The highest BCUT2D eigenvalue weighted by molar-refractivity contribution is 5.84. The van der Waals surface area contributed by atoms with Crippen LogP contribution in [0, 0.1) is 11.8 Å². The van der Waals surface area contributed by atoms with Crippen LogP contribution in [0.5, 0.6) is 11.5 Å². The summed E-state index contributed by atoms with van der Waals surface area (Å²) in [6.45, 7) is 4.39. The van der Waals surface area contributed by atoms with Crippen LogP contribution in [-0.4, -0.2) is 11.9 Å². The third-order valence-electron chi connectivity index (χ3n) is 6.79. The number of ether oxygens (including phenoxy) is 2. The number of rotatable bonds is 12. The van der Waals surface area contributed by atoms with Crippen LogP contribution in [0.25, 0.3) is 0 Å². The van der Waals surface area contributed by atoms with E-state index in [9.17, 15) is 9.59 Å². The van der Waals surface area contributed by atoms with Crippen LogP contribution in [0.1, 0.15) is 89.2 Å². The summed E-state index contributed by atoms with van der Waals surface area (Å²) in [5.41, 5.74) is 2.51. The zero-order chi connectivity index (χ0) is 24.2. The summed E-state index contributed by atoms with van der Waals surface area (Å²) in [6.07, 6.45) is 12.4. The molecule has 2 aromatic carbocycles. The number of esters is 2. The fourth-order valence-corrected chi connectivity index (χ4v) is 4.69. The molecule has 2 atom stereocenters. The van der Waals surface area contributed by atoms with Gasteiger partial charge in [-0.15, -0.1) is 0 Å². The van der Waals surface area contributed by atoms with E-state index in [4.69, 9.17) is 9.47 Å². The van der Waals surface area contributed by atoms with Crippen LogP contribution in [0.2, 0.25) is 0 Å². The maximum Gasteiger partial charge on any atom is 0.315 e. The van der Waals surface area contributed by atoms with Crippen molar-refractivity contribution in [3.8, 4) is 11.5 Å². The maximum absolute atomic E-state index is 13.0. The Morgan fingerprint density at radius 1 is 0.647 bits per heavy atom. The molecule has 4 nitrogen and oxygen atoms in total. The summed E-state index contributed by atoms with van der Waals surface area (Å²) >= 11 is 0. The van der Waals surface area contributed by atoms with Gasteiger partial charge in [-0.1, -0.05) is 76.6 Å². The largest absolute Gasteiger partial charge is 0.426 e. The molecule has 0 amide bonds. The molecule has 1 aliphatic rings. The third kappa shape index (κ3) is 8.00. The first-order valence-electron chi connectivity index (χ1n) is 13.2. The van der Waals surface area contributed by atoms with Gasteiger partial charge < -0.3 is 9.47 Å². The molecule has 34 heavy (non-hydrogen) atoms. The van der Waals surface area contributed by atoms with Gasteiger partial charge in [0.25, 0.3) is 0 Å². The third-order valence-corrected chi connectivity index (χ3v) is 6.79. The summed E-state index contributed by atoms with van der Waals surface area (Å²) < 4.78 is 11.4. The minimum Gasteiger partial charge on any atom is -0.426 e. The lowest BCUT2D eigenvalue weighted by molar-refractivity contribution is -0.152. The average Bonchev–Trinajstić information content (AvgIpc) is 2.86. The molecular formula is C30H40O4. The van der Waals surface area contributed by atoms with E-state index in [0.717, 1.165) is 25.7 Å². The van der Waals surface area contributed by atoms with Crippen LogP contribution < -0.4 is 9.47 Å².